The average molecular weight is 300 g/mol. The lowest BCUT2D eigenvalue weighted by Gasteiger charge is -2.10. The lowest BCUT2D eigenvalue weighted by molar-refractivity contribution is 0.252. The molecule has 2 aromatic rings. The van der Waals surface area contributed by atoms with E-state index in [0.29, 0.717) is 24.5 Å². The van der Waals surface area contributed by atoms with Gasteiger partial charge in [0.25, 0.3) is 0 Å². The van der Waals surface area contributed by atoms with Crippen LogP contribution in [0.3, 0.4) is 0 Å². The molecule has 0 aromatic heterocycles. The van der Waals surface area contributed by atoms with Crippen molar-refractivity contribution in [1.82, 2.24) is 5.32 Å². The van der Waals surface area contributed by atoms with Crippen molar-refractivity contribution in [3.63, 3.8) is 0 Å². The van der Waals surface area contributed by atoms with E-state index >= 15 is 0 Å². The molecule has 116 valence electrons. The van der Waals surface area contributed by atoms with Crippen molar-refractivity contribution in [1.29, 1.82) is 0 Å². The van der Waals surface area contributed by atoms with Crippen LogP contribution in [-0.2, 0) is 6.42 Å². The summed E-state index contributed by atoms with van der Waals surface area (Å²) >= 11 is 0. The number of amides is 2. The minimum Gasteiger partial charge on any atom is -0.493 e. The molecule has 0 unspecified atom stereocenters. The van der Waals surface area contributed by atoms with Crippen LogP contribution >= 0.6 is 0 Å². The van der Waals surface area contributed by atoms with Gasteiger partial charge in [-0.2, -0.15) is 0 Å². The minimum absolute atomic E-state index is 0.216. The minimum atomic E-state index is -0.216. The molecular weight excluding hydrogens is 280 g/mol. The van der Waals surface area contributed by atoms with Gasteiger partial charge in [-0.3, -0.25) is 0 Å². The van der Waals surface area contributed by atoms with Crippen LogP contribution in [0.4, 0.5) is 10.5 Å². The number of urea groups is 1. The van der Waals surface area contributed by atoms with Gasteiger partial charge in [0, 0.05) is 12.2 Å². The van der Waals surface area contributed by atoms with Gasteiger partial charge in [-0.05, 0) is 36.2 Å². The average Bonchev–Trinajstić information content (AvgIpc) is 2.55. The highest BCUT2D eigenvalue weighted by Crippen LogP contribution is 2.27. The molecule has 0 aliphatic heterocycles. The van der Waals surface area contributed by atoms with Crippen molar-refractivity contribution in [2.75, 3.05) is 26.1 Å². The summed E-state index contributed by atoms with van der Waals surface area (Å²) in [4.78, 5) is 11.8. The Morgan fingerprint density at radius 3 is 2.41 bits per heavy atom. The Kier molecular flexibility index (Phi) is 5.65. The number of rotatable bonds is 6. The van der Waals surface area contributed by atoms with E-state index in [2.05, 4.69) is 10.6 Å². The van der Waals surface area contributed by atoms with Gasteiger partial charge in [-0.1, -0.05) is 24.3 Å². The Hall–Kier alpha value is -2.69. The smallest absolute Gasteiger partial charge is 0.319 e. The fraction of sp³-hybridized carbons (Fsp3) is 0.235. The maximum absolute atomic E-state index is 11.8. The predicted molar refractivity (Wildman–Crippen MR) is 86.7 cm³/mol. The van der Waals surface area contributed by atoms with Crippen LogP contribution in [0.25, 0.3) is 0 Å². The number of ether oxygens (including phenoxy) is 2. The molecule has 0 atom stereocenters. The molecule has 0 aliphatic rings. The zero-order valence-electron chi connectivity index (χ0n) is 12.8. The van der Waals surface area contributed by atoms with E-state index < -0.39 is 0 Å². The molecular formula is C17H20N2O3. The molecule has 2 amide bonds. The quantitative estimate of drug-likeness (QED) is 0.862. The second-order valence-corrected chi connectivity index (χ2v) is 4.69. The molecule has 0 saturated carbocycles. The lowest BCUT2D eigenvalue weighted by Crippen LogP contribution is -2.30. The van der Waals surface area contributed by atoms with Crippen molar-refractivity contribution < 1.29 is 14.3 Å². The third-order valence-corrected chi connectivity index (χ3v) is 3.18. The van der Waals surface area contributed by atoms with E-state index in [4.69, 9.17) is 9.47 Å². The number of benzene rings is 2. The van der Waals surface area contributed by atoms with Gasteiger partial charge >= 0.3 is 6.03 Å². The fourth-order valence-electron chi connectivity index (χ4n) is 2.05. The molecule has 0 heterocycles. The molecule has 5 nitrogen and oxygen atoms in total. The molecule has 0 saturated heterocycles. The largest absolute Gasteiger partial charge is 0.493 e. The van der Waals surface area contributed by atoms with E-state index in [0.717, 1.165) is 11.3 Å². The van der Waals surface area contributed by atoms with Crippen molar-refractivity contribution in [3.8, 4) is 11.5 Å². The first-order valence-corrected chi connectivity index (χ1v) is 7.03. The Bertz CT molecular complexity index is 615. The predicted octanol–water partition coefficient (Wildman–Crippen LogP) is 3.07. The van der Waals surface area contributed by atoms with E-state index in [1.165, 1.54) is 0 Å². The number of anilines is 1. The molecule has 2 aromatic carbocycles. The van der Waals surface area contributed by atoms with E-state index in [-0.39, 0.29) is 6.03 Å². The van der Waals surface area contributed by atoms with Gasteiger partial charge in [-0.25, -0.2) is 4.79 Å². The van der Waals surface area contributed by atoms with E-state index in [1.807, 2.05) is 48.5 Å². The summed E-state index contributed by atoms with van der Waals surface area (Å²) in [6, 6.07) is 14.8. The van der Waals surface area contributed by atoms with Gasteiger partial charge in [0.1, 0.15) is 0 Å². The third kappa shape index (κ3) is 4.41. The van der Waals surface area contributed by atoms with Crippen molar-refractivity contribution in [2.45, 2.75) is 6.42 Å². The fourth-order valence-corrected chi connectivity index (χ4v) is 2.05. The van der Waals surface area contributed by atoms with Crippen molar-refractivity contribution in [3.05, 3.63) is 54.1 Å². The number of hydrogen-bond donors (Lipinski definition) is 2. The van der Waals surface area contributed by atoms with E-state index in [1.54, 1.807) is 14.2 Å². The van der Waals surface area contributed by atoms with Crippen LogP contribution in [0.15, 0.2) is 48.5 Å². The standard InChI is InChI=1S/C17H20N2O3/c1-21-15-9-8-13(12-16(15)22-2)10-11-18-17(20)19-14-6-4-3-5-7-14/h3-9,12H,10-11H2,1-2H3,(H2,18,19,20). The highest BCUT2D eigenvalue weighted by atomic mass is 16.5. The number of para-hydroxylation sites is 1. The molecule has 0 radical (unpaired) electrons. The highest BCUT2D eigenvalue weighted by Gasteiger charge is 2.05. The molecule has 0 aliphatic carbocycles. The Labute approximate surface area is 130 Å². The summed E-state index contributed by atoms with van der Waals surface area (Å²) in [7, 11) is 3.21. The number of hydrogen-bond acceptors (Lipinski definition) is 3. The summed E-state index contributed by atoms with van der Waals surface area (Å²) in [5.74, 6) is 1.38. The SMILES string of the molecule is COc1ccc(CCNC(=O)Nc2ccccc2)cc1OC. The number of carbonyl (C=O) groups is 1. The molecule has 5 heteroatoms. The zero-order valence-corrected chi connectivity index (χ0v) is 12.8. The van der Waals surface area contributed by atoms with Crippen LogP contribution in [-0.4, -0.2) is 26.8 Å². The molecule has 2 rings (SSSR count). The van der Waals surface area contributed by atoms with Crippen molar-refractivity contribution >= 4 is 11.7 Å². The molecule has 22 heavy (non-hydrogen) atoms. The van der Waals surface area contributed by atoms with Crippen LogP contribution < -0.4 is 20.1 Å². The Morgan fingerprint density at radius 2 is 1.73 bits per heavy atom. The Balaban J connectivity index is 1.82. The monoisotopic (exact) mass is 300 g/mol. The van der Waals surface area contributed by atoms with Crippen LogP contribution in [0.2, 0.25) is 0 Å². The van der Waals surface area contributed by atoms with Gasteiger partial charge in [0.2, 0.25) is 0 Å². The first-order chi connectivity index (χ1) is 10.7. The first-order valence-electron chi connectivity index (χ1n) is 7.03. The molecule has 0 fully saturated rings. The normalized spacial score (nSPS) is 9.91. The maximum atomic E-state index is 11.8. The summed E-state index contributed by atoms with van der Waals surface area (Å²) in [5, 5.41) is 5.60. The van der Waals surface area contributed by atoms with Gasteiger partial charge < -0.3 is 20.1 Å². The summed E-state index contributed by atoms with van der Waals surface area (Å²) in [6.45, 7) is 0.536. The summed E-state index contributed by atoms with van der Waals surface area (Å²) in [5.41, 5.74) is 1.84. The first kappa shape index (κ1) is 15.7. The number of methoxy groups -OCH3 is 2. The molecule has 0 bridgehead atoms. The van der Waals surface area contributed by atoms with Gasteiger partial charge in [0.15, 0.2) is 11.5 Å². The second kappa shape index (κ2) is 7.93. The Morgan fingerprint density at radius 1 is 1.00 bits per heavy atom. The van der Waals surface area contributed by atoms with Crippen LogP contribution in [0.5, 0.6) is 11.5 Å². The highest BCUT2D eigenvalue weighted by molar-refractivity contribution is 5.89. The van der Waals surface area contributed by atoms with E-state index in [9.17, 15) is 4.79 Å². The summed E-state index contributed by atoms with van der Waals surface area (Å²) in [6.07, 6.45) is 0.711. The topological polar surface area (TPSA) is 59.6 Å². The van der Waals surface area contributed by atoms with Crippen LogP contribution in [0.1, 0.15) is 5.56 Å². The molecule has 2 N–H and O–H groups in total. The lowest BCUT2D eigenvalue weighted by atomic mass is 10.1. The number of carbonyl (C=O) groups excluding carboxylic acids is 1. The van der Waals surface area contributed by atoms with Crippen molar-refractivity contribution in [2.24, 2.45) is 0 Å². The van der Waals surface area contributed by atoms with Crippen LogP contribution in [0, 0.1) is 0 Å². The summed E-state index contributed by atoms with van der Waals surface area (Å²) < 4.78 is 10.5. The maximum Gasteiger partial charge on any atom is 0.319 e. The number of nitrogens with one attached hydrogen (secondary N) is 2. The second-order valence-electron chi connectivity index (χ2n) is 4.69. The molecule has 0 spiro atoms. The van der Waals surface area contributed by atoms with Gasteiger partial charge in [-0.15, -0.1) is 0 Å². The van der Waals surface area contributed by atoms with Gasteiger partial charge in [0.05, 0.1) is 14.2 Å². The zero-order chi connectivity index (χ0) is 15.8. The third-order valence-electron chi connectivity index (χ3n) is 3.18.